The lowest BCUT2D eigenvalue weighted by Gasteiger charge is -2.22. The number of carbonyl (C=O) groups is 1. The minimum atomic E-state index is -0.448. The van der Waals surface area contributed by atoms with Crippen molar-refractivity contribution in [3.8, 4) is 0 Å². The summed E-state index contributed by atoms with van der Waals surface area (Å²) in [5.41, 5.74) is 2.79. The van der Waals surface area contributed by atoms with Gasteiger partial charge in [-0.1, -0.05) is 0 Å². The smallest absolute Gasteiger partial charge is 0.265 e. The summed E-state index contributed by atoms with van der Waals surface area (Å²) in [5, 5.41) is 0. The summed E-state index contributed by atoms with van der Waals surface area (Å²) in [5.74, 6) is 4.28. The van der Waals surface area contributed by atoms with Crippen LogP contribution >= 0.6 is 0 Å². The van der Waals surface area contributed by atoms with Crippen LogP contribution in [0, 0.1) is 5.82 Å². The van der Waals surface area contributed by atoms with Crippen LogP contribution in [0.3, 0.4) is 0 Å². The van der Waals surface area contributed by atoms with Gasteiger partial charge in [-0.05, 0) is 18.2 Å². The van der Waals surface area contributed by atoms with Crippen molar-refractivity contribution in [1.29, 1.82) is 0 Å². The van der Waals surface area contributed by atoms with Crippen molar-refractivity contribution in [2.45, 2.75) is 6.54 Å². The highest BCUT2D eigenvalue weighted by molar-refractivity contribution is 5.93. The Morgan fingerprint density at radius 2 is 1.90 bits per heavy atom. The Hall–Kier alpha value is -1.54. The number of halogens is 1. The maximum atomic E-state index is 13.9. The number of carbonyl (C=O) groups excluding carboxylic acids is 1. The molecule has 6 nitrogen and oxygen atoms in total. The zero-order valence-corrected chi connectivity index (χ0v) is 12.4. The van der Waals surface area contributed by atoms with E-state index in [1.807, 2.05) is 10.3 Å². The molecule has 0 unspecified atom stereocenters. The van der Waals surface area contributed by atoms with Gasteiger partial charge in [-0.15, -0.1) is 0 Å². The van der Waals surface area contributed by atoms with Crippen molar-refractivity contribution >= 4 is 5.91 Å². The third kappa shape index (κ3) is 5.76. The predicted octanol–water partition coefficient (Wildman–Crippen LogP) is 0.524. The van der Waals surface area contributed by atoms with Gasteiger partial charge in [0.05, 0.1) is 13.2 Å². The molecule has 0 radical (unpaired) electrons. The van der Waals surface area contributed by atoms with Gasteiger partial charge in [0.1, 0.15) is 5.82 Å². The third-order valence-corrected chi connectivity index (χ3v) is 3.06. The molecule has 1 aromatic rings. The number of hydrazine groups is 1. The zero-order chi connectivity index (χ0) is 15.7. The van der Waals surface area contributed by atoms with Crippen LogP contribution in [0.4, 0.5) is 4.39 Å². The molecule has 0 fully saturated rings. The molecule has 0 saturated carbocycles. The lowest BCUT2D eigenvalue weighted by molar-refractivity contribution is 0.0952. The normalized spacial score (nSPS) is 10.9. The molecule has 7 heteroatoms. The molecular formula is C14H22FN3O3. The van der Waals surface area contributed by atoms with Crippen LogP contribution in [-0.4, -0.2) is 51.3 Å². The van der Waals surface area contributed by atoms with Gasteiger partial charge in [-0.25, -0.2) is 10.2 Å². The molecule has 3 N–H and O–H groups in total. The minimum Gasteiger partial charge on any atom is -0.383 e. The fourth-order valence-corrected chi connectivity index (χ4v) is 1.87. The molecule has 0 spiro atoms. The second kappa shape index (κ2) is 9.41. The topological polar surface area (TPSA) is 76.8 Å². The molecule has 0 saturated heterocycles. The first-order chi connectivity index (χ1) is 10.1. The van der Waals surface area contributed by atoms with Gasteiger partial charge >= 0.3 is 0 Å². The number of nitrogens with one attached hydrogen (secondary N) is 1. The van der Waals surface area contributed by atoms with E-state index in [9.17, 15) is 9.18 Å². The van der Waals surface area contributed by atoms with Crippen molar-refractivity contribution in [1.82, 2.24) is 10.3 Å². The Morgan fingerprint density at radius 1 is 1.29 bits per heavy atom. The summed E-state index contributed by atoms with van der Waals surface area (Å²) in [6.45, 7) is 2.73. The van der Waals surface area contributed by atoms with Crippen molar-refractivity contribution in [2.24, 2.45) is 5.84 Å². The van der Waals surface area contributed by atoms with E-state index < -0.39 is 5.91 Å². The predicted molar refractivity (Wildman–Crippen MR) is 77.1 cm³/mol. The van der Waals surface area contributed by atoms with E-state index in [4.69, 9.17) is 15.3 Å². The number of methoxy groups -OCH3 is 2. The van der Waals surface area contributed by atoms with Gasteiger partial charge in [0, 0.05) is 45.0 Å². The summed E-state index contributed by atoms with van der Waals surface area (Å²) in [7, 11) is 3.22. The van der Waals surface area contributed by atoms with Gasteiger partial charge in [0.15, 0.2) is 0 Å². The second-order valence-electron chi connectivity index (χ2n) is 4.54. The van der Waals surface area contributed by atoms with Gasteiger partial charge in [-0.2, -0.15) is 0 Å². The molecule has 0 atom stereocenters. The second-order valence-corrected chi connectivity index (χ2v) is 4.54. The number of nitrogen functional groups attached to an aromatic ring is 1. The van der Waals surface area contributed by atoms with Crippen LogP contribution in [0.25, 0.3) is 0 Å². The van der Waals surface area contributed by atoms with E-state index >= 15 is 0 Å². The summed E-state index contributed by atoms with van der Waals surface area (Å²) in [6.07, 6.45) is 0. The average Bonchev–Trinajstić information content (AvgIpc) is 2.51. The van der Waals surface area contributed by atoms with Crippen molar-refractivity contribution in [3.05, 3.63) is 35.1 Å². The van der Waals surface area contributed by atoms with Gasteiger partial charge in [0.2, 0.25) is 0 Å². The highest BCUT2D eigenvalue weighted by Crippen LogP contribution is 2.13. The number of nitrogens with two attached hydrogens (primary N) is 1. The van der Waals surface area contributed by atoms with E-state index in [0.717, 1.165) is 0 Å². The minimum absolute atomic E-state index is 0.326. The van der Waals surface area contributed by atoms with Crippen LogP contribution in [0.2, 0.25) is 0 Å². The number of nitrogens with zero attached hydrogens (tertiary/aromatic N) is 1. The van der Waals surface area contributed by atoms with Crippen LogP contribution < -0.4 is 11.3 Å². The maximum Gasteiger partial charge on any atom is 0.265 e. The Balaban J connectivity index is 2.82. The Labute approximate surface area is 124 Å². The Morgan fingerprint density at radius 3 is 2.43 bits per heavy atom. The van der Waals surface area contributed by atoms with E-state index in [1.54, 1.807) is 14.2 Å². The first-order valence-electron chi connectivity index (χ1n) is 6.62. The van der Waals surface area contributed by atoms with Gasteiger partial charge in [-0.3, -0.25) is 15.1 Å². The highest BCUT2D eigenvalue weighted by atomic mass is 19.1. The van der Waals surface area contributed by atoms with Crippen molar-refractivity contribution in [3.63, 3.8) is 0 Å². The van der Waals surface area contributed by atoms with Crippen molar-refractivity contribution in [2.75, 3.05) is 40.5 Å². The molecule has 1 amide bonds. The van der Waals surface area contributed by atoms with E-state index in [-0.39, 0.29) is 5.82 Å². The zero-order valence-electron chi connectivity index (χ0n) is 12.4. The third-order valence-electron chi connectivity index (χ3n) is 3.06. The fraction of sp³-hybridized carbons (Fsp3) is 0.500. The molecular weight excluding hydrogens is 277 g/mol. The summed E-state index contributed by atoms with van der Waals surface area (Å²) in [6, 6.07) is 4.17. The Kier molecular flexibility index (Phi) is 7.84. The molecule has 1 rings (SSSR count). The maximum absolute atomic E-state index is 13.9. The van der Waals surface area contributed by atoms with Gasteiger partial charge < -0.3 is 9.47 Å². The molecule has 0 heterocycles. The number of hydrogen-bond donors (Lipinski definition) is 2. The largest absolute Gasteiger partial charge is 0.383 e. The molecule has 0 aliphatic carbocycles. The van der Waals surface area contributed by atoms with E-state index in [2.05, 4.69) is 0 Å². The number of hydrogen-bond acceptors (Lipinski definition) is 5. The summed E-state index contributed by atoms with van der Waals surface area (Å²) < 4.78 is 24.0. The molecule has 0 aromatic heterocycles. The van der Waals surface area contributed by atoms with Crippen LogP contribution in [0.5, 0.6) is 0 Å². The standard InChI is InChI=1S/C14H22FN3O3/c1-20-7-5-18(6-8-21-2)10-12-9-11(14(19)17-16)3-4-13(12)15/h3-4,9H,5-8,10,16H2,1-2H3,(H,17,19). The monoisotopic (exact) mass is 299 g/mol. The SMILES string of the molecule is COCCN(CCOC)Cc1cc(C(=O)NN)ccc1F. The summed E-state index contributed by atoms with van der Waals surface area (Å²) >= 11 is 0. The number of rotatable bonds is 9. The Bertz CT molecular complexity index is 449. The first kappa shape index (κ1) is 17.5. The average molecular weight is 299 g/mol. The number of ether oxygens (including phenoxy) is 2. The number of benzene rings is 1. The molecule has 0 aliphatic rings. The highest BCUT2D eigenvalue weighted by Gasteiger charge is 2.12. The first-order valence-corrected chi connectivity index (χ1v) is 6.62. The van der Waals surface area contributed by atoms with E-state index in [1.165, 1.54) is 18.2 Å². The lowest BCUT2D eigenvalue weighted by Crippen LogP contribution is -2.32. The quantitative estimate of drug-likeness (QED) is 0.395. The molecule has 1 aromatic carbocycles. The molecule has 21 heavy (non-hydrogen) atoms. The molecule has 118 valence electrons. The van der Waals surface area contributed by atoms with Crippen LogP contribution in [0.1, 0.15) is 15.9 Å². The lowest BCUT2D eigenvalue weighted by atomic mass is 10.1. The van der Waals surface area contributed by atoms with Crippen LogP contribution in [-0.2, 0) is 16.0 Å². The van der Waals surface area contributed by atoms with Gasteiger partial charge in [0.25, 0.3) is 5.91 Å². The number of amides is 1. The molecule has 0 bridgehead atoms. The summed E-state index contributed by atoms with van der Waals surface area (Å²) in [4.78, 5) is 13.5. The fourth-order valence-electron chi connectivity index (χ4n) is 1.87. The van der Waals surface area contributed by atoms with Crippen LogP contribution in [0.15, 0.2) is 18.2 Å². The molecule has 0 aliphatic heterocycles. The van der Waals surface area contributed by atoms with E-state index in [0.29, 0.717) is 44.0 Å². The van der Waals surface area contributed by atoms with Crippen molar-refractivity contribution < 1.29 is 18.7 Å².